The van der Waals surface area contributed by atoms with Gasteiger partial charge in [0.1, 0.15) is 17.8 Å². The van der Waals surface area contributed by atoms with Crippen LogP contribution in [-0.2, 0) is 21.3 Å². The van der Waals surface area contributed by atoms with Crippen molar-refractivity contribution in [2.75, 3.05) is 6.61 Å². The lowest BCUT2D eigenvalue weighted by atomic mass is 10.1. The molecule has 0 spiro atoms. The molecule has 3 aromatic rings. The van der Waals surface area contributed by atoms with Crippen molar-refractivity contribution in [2.24, 2.45) is 0 Å². The van der Waals surface area contributed by atoms with E-state index in [1.807, 2.05) is 0 Å². The summed E-state index contributed by atoms with van der Waals surface area (Å²) in [6.07, 6.45) is 0. The van der Waals surface area contributed by atoms with Crippen LogP contribution in [0.1, 0.15) is 12.5 Å². The lowest BCUT2D eigenvalue weighted by molar-refractivity contribution is 0.0835. The first kappa shape index (κ1) is 21.7. The van der Waals surface area contributed by atoms with Crippen LogP contribution in [0.25, 0.3) is 11.3 Å². The summed E-state index contributed by atoms with van der Waals surface area (Å²) in [4.78, 5) is -0.0331. The van der Waals surface area contributed by atoms with Crippen LogP contribution in [0.15, 0.2) is 58.5 Å². The van der Waals surface area contributed by atoms with Crippen molar-refractivity contribution < 1.29 is 13.2 Å². The van der Waals surface area contributed by atoms with Gasteiger partial charge >= 0.3 is 0 Å². The molecular formula is C20H15Cl3N2O3S. The second-order valence-electron chi connectivity index (χ2n) is 5.99. The van der Waals surface area contributed by atoms with Gasteiger partial charge in [-0.1, -0.05) is 46.9 Å². The van der Waals surface area contributed by atoms with Crippen LogP contribution in [-0.4, -0.2) is 19.6 Å². The van der Waals surface area contributed by atoms with Crippen molar-refractivity contribution in [1.82, 2.24) is 4.57 Å². The van der Waals surface area contributed by atoms with Gasteiger partial charge in [0, 0.05) is 11.6 Å². The van der Waals surface area contributed by atoms with E-state index in [-0.39, 0.29) is 32.3 Å². The summed E-state index contributed by atoms with van der Waals surface area (Å²) in [5.74, 6) is 0. The van der Waals surface area contributed by atoms with Crippen LogP contribution in [0.5, 0.6) is 0 Å². The molecule has 0 aliphatic rings. The second kappa shape index (κ2) is 8.78. The molecule has 0 atom stereocenters. The molecule has 0 amide bonds. The van der Waals surface area contributed by atoms with E-state index < -0.39 is 9.84 Å². The van der Waals surface area contributed by atoms with Gasteiger partial charge in [-0.05, 0) is 48.9 Å². The summed E-state index contributed by atoms with van der Waals surface area (Å²) < 4.78 is 33.6. The highest BCUT2D eigenvalue weighted by molar-refractivity contribution is 7.91. The Morgan fingerprint density at radius 2 is 1.72 bits per heavy atom. The molecule has 0 radical (unpaired) electrons. The molecule has 0 N–H and O–H groups in total. The van der Waals surface area contributed by atoms with Crippen molar-refractivity contribution in [3.05, 3.63) is 69.2 Å². The van der Waals surface area contributed by atoms with Crippen molar-refractivity contribution in [2.45, 2.75) is 23.6 Å². The summed E-state index contributed by atoms with van der Waals surface area (Å²) in [6.45, 7) is 2.11. The minimum Gasteiger partial charge on any atom is -0.361 e. The van der Waals surface area contributed by atoms with Gasteiger partial charge in [-0.15, -0.1) is 0 Å². The fraction of sp³-hybridized carbons (Fsp3) is 0.150. The molecular weight excluding hydrogens is 455 g/mol. The Morgan fingerprint density at radius 3 is 2.31 bits per heavy atom. The largest absolute Gasteiger partial charge is 0.361 e. The number of sulfone groups is 1. The first-order valence-corrected chi connectivity index (χ1v) is 11.1. The van der Waals surface area contributed by atoms with Gasteiger partial charge in [0.25, 0.3) is 0 Å². The summed E-state index contributed by atoms with van der Waals surface area (Å²) in [7, 11) is -4.00. The van der Waals surface area contributed by atoms with Crippen LogP contribution in [0.4, 0.5) is 0 Å². The quantitative estimate of drug-likeness (QED) is 0.456. The molecule has 0 bridgehead atoms. The van der Waals surface area contributed by atoms with E-state index in [4.69, 9.17) is 39.5 Å². The van der Waals surface area contributed by atoms with Crippen molar-refractivity contribution >= 4 is 44.6 Å². The molecule has 0 saturated heterocycles. The summed E-state index contributed by atoms with van der Waals surface area (Å²) in [5, 5.41) is 10.5. The number of ether oxygens (including phenoxy) is 1. The monoisotopic (exact) mass is 468 g/mol. The molecule has 3 rings (SSSR count). The van der Waals surface area contributed by atoms with Gasteiger partial charge in [-0.3, -0.25) is 0 Å². The maximum atomic E-state index is 13.3. The predicted molar refractivity (Wildman–Crippen MR) is 113 cm³/mol. The first-order valence-electron chi connectivity index (χ1n) is 8.47. The molecule has 150 valence electrons. The van der Waals surface area contributed by atoms with E-state index in [1.54, 1.807) is 31.2 Å². The van der Waals surface area contributed by atoms with Gasteiger partial charge in [-0.2, -0.15) is 5.26 Å². The van der Waals surface area contributed by atoms with Gasteiger partial charge in [0.05, 0.1) is 26.2 Å². The Labute approximate surface area is 183 Å². The number of benzene rings is 2. The van der Waals surface area contributed by atoms with E-state index in [2.05, 4.69) is 6.07 Å². The van der Waals surface area contributed by atoms with E-state index in [1.165, 1.54) is 28.8 Å². The lowest BCUT2D eigenvalue weighted by Crippen LogP contribution is -2.13. The maximum Gasteiger partial charge on any atom is 0.222 e. The van der Waals surface area contributed by atoms with Crippen LogP contribution in [0.3, 0.4) is 0 Å². The fourth-order valence-corrected chi connectivity index (χ4v) is 4.79. The zero-order valence-electron chi connectivity index (χ0n) is 15.2. The normalized spacial score (nSPS) is 11.4. The Morgan fingerprint density at radius 1 is 1.03 bits per heavy atom. The van der Waals surface area contributed by atoms with E-state index >= 15 is 0 Å². The molecule has 5 nitrogen and oxygen atoms in total. The summed E-state index contributed by atoms with van der Waals surface area (Å²) >= 11 is 17.9. The molecule has 0 saturated carbocycles. The second-order valence-corrected chi connectivity index (χ2v) is 9.14. The van der Waals surface area contributed by atoms with Crippen LogP contribution < -0.4 is 0 Å². The minimum atomic E-state index is -4.00. The van der Waals surface area contributed by atoms with E-state index in [0.29, 0.717) is 22.9 Å². The highest BCUT2D eigenvalue weighted by atomic mass is 35.5. The number of nitrogens with zero attached hydrogens (tertiary/aromatic N) is 2. The molecule has 29 heavy (non-hydrogen) atoms. The topological polar surface area (TPSA) is 72.1 Å². The Hall–Kier alpha value is -2.01. The van der Waals surface area contributed by atoms with Gasteiger partial charge < -0.3 is 9.30 Å². The van der Waals surface area contributed by atoms with Crippen LogP contribution >= 0.6 is 34.8 Å². The van der Waals surface area contributed by atoms with Gasteiger partial charge in [-0.25, -0.2) is 8.42 Å². The minimum absolute atomic E-state index is 0.0331. The Kier molecular flexibility index (Phi) is 6.57. The smallest absolute Gasteiger partial charge is 0.222 e. The molecule has 2 aromatic carbocycles. The SMILES string of the molecule is CCOCn1c(S(=O)(=O)c2ccc(Cl)c(Cl)c2)cc(C#N)c1-c1ccc(Cl)cc1. The van der Waals surface area contributed by atoms with Crippen molar-refractivity contribution in [3.8, 4) is 17.3 Å². The molecule has 0 unspecified atom stereocenters. The predicted octanol–water partition coefficient (Wildman–Crippen LogP) is 5.81. The maximum absolute atomic E-state index is 13.3. The Balaban J connectivity index is 2.27. The fourth-order valence-electron chi connectivity index (χ4n) is 2.83. The van der Waals surface area contributed by atoms with Gasteiger partial charge in [0.15, 0.2) is 0 Å². The molecule has 0 aliphatic carbocycles. The zero-order chi connectivity index (χ0) is 21.2. The number of hydrogen-bond donors (Lipinski definition) is 0. The molecule has 0 aliphatic heterocycles. The number of halogens is 3. The first-order chi connectivity index (χ1) is 13.8. The third-order valence-electron chi connectivity index (χ3n) is 4.20. The highest BCUT2D eigenvalue weighted by Crippen LogP contribution is 2.34. The molecule has 1 aromatic heterocycles. The third-order valence-corrected chi connectivity index (χ3v) is 6.95. The molecule has 1 heterocycles. The number of rotatable bonds is 6. The van der Waals surface area contributed by atoms with Crippen molar-refractivity contribution in [1.29, 1.82) is 5.26 Å². The standard InChI is InChI=1S/C20H15Cl3N2O3S/c1-2-28-12-25-19(29(26,27)16-7-8-17(22)18(23)10-16)9-14(11-24)20(25)13-3-5-15(21)6-4-13/h3-10H,2,12H2,1H3. The van der Waals surface area contributed by atoms with E-state index in [0.717, 1.165) is 0 Å². The third kappa shape index (κ3) is 4.30. The highest BCUT2D eigenvalue weighted by Gasteiger charge is 2.28. The van der Waals surface area contributed by atoms with Crippen LogP contribution in [0.2, 0.25) is 15.1 Å². The average molecular weight is 470 g/mol. The van der Waals surface area contributed by atoms with Crippen LogP contribution in [0, 0.1) is 11.3 Å². The number of aromatic nitrogens is 1. The Bertz CT molecular complexity index is 1200. The van der Waals surface area contributed by atoms with Crippen molar-refractivity contribution in [3.63, 3.8) is 0 Å². The summed E-state index contributed by atoms with van der Waals surface area (Å²) in [6, 6.07) is 14.2. The summed E-state index contributed by atoms with van der Waals surface area (Å²) in [5.41, 5.74) is 1.27. The lowest BCUT2D eigenvalue weighted by Gasteiger charge is -2.14. The molecule has 9 heteroatoms. The zero-order valence-corrected chi connectivity index (χ0v) is 18.3. The van der Waals surface area contributed by atoms with Gasteiger partial charge in [0.2, 0.25) is 9.84 Å². The molecule has 0 fully saturated rings. The average Bonchev–Trinajstić information content (AvgIpc) is 3.08. The van der Waals surface area contributed by atoms with E-state index in [9.17, 15) is 13.7 Å². The number of hydrogen-bond acceptors (Lipinski definition) is 4. The number of nitriles is 1.